The summed E-state index contributed by atoms with van der Waals surface area (Å²) in [6.07, 6.45) is 6.76. The molecule has 24 heavy (non-hydrogen) atoms. The average Bonchev–Trinajstić information content (AvgIpc) is 2.64. The largest absolute Gasteiger partial charge is 0.490 e. The molecule has 1 fully saturated rings. The number of aryl methyl sites for hydroxylation is 1. The van der Waals surface area contributed by atoms with Gasteiger partial charge in [0.1, 0.15) is 17.6 Å². The fraction of sp³-hybridized carbons (Fsp3) is 0.429. The zero-order valence-electron chi connectivity index (χ0n) is 14.0. The third kappa shape index (κ3) is 3.41. The average molecular weight is 323 g/mol. The second-order valence-electron chi connectivity index (χ2n) is 6.98. The number of benzene rings is 2. The minimum atomic E-state index is 0.158. The molecule has 1 unspecified atom stereocenters. The fourth-order valence-electron chi connectivity index (χ4n) is 3.74. The molecule has 2 aliphatic rings. The van der Waals surface area contributed by atoms with Crippen molar-refractivity contribution in [1.82, 2.24) is 0 Å². The summed E-state index contributed by atoms with van der Waals surface area (Å²) in [7, 11) is 0. The topological polar surface area (TPSA) is 44.5 Å². The number of nitrogens with two attached hydrogens (primary N) is 1. The van der Waals surface area contributed by atoms with Crippen LogP contribution >= 0.6 is 0 Å². The lowest BCUT2D eigenvalue weighted by Gasteiger charge is -2.29. The van der Waals surface area contributed by atoms with Gasteiger partial charge in [-0.25, -0.2) is 0 Å². The molecule has 1 heterocycles. The Bertz CT molecular complexity index is 677. The number of hydrogen-bond acceptors (Lipinski definition) is 3. The molecule has 1 atom stereocenters. The lowest BCUT2D eigenvalue weighted by molar-refractivity contribution is 0.145. The van der Waals surface area contributed by atoms with E-state index in [1.54, 1.807) is 0 Å². The predicted molar refractivity (Wildman–Crippen MR) is 95.4 cm³/mol. The predicted octanol–water partition coefficient (Wildman–Crippen LogP) is 4.40. The molecule has 3 nitrogen and oxygen atoms in total. The molecule has 0 aromatic heterocycles. The molecule has 0 radical (unpaired) electrons. The van der Waals surface area contributed by atoms with Crippen molar-refractivity contribution in [3.63, 3.8) is 0 Å². The zero-order chi connectivity index (χ0) is 16.4. The summed E-state index contributed by atoms with van der Waals surface area (Å²) >= 11 is 0. The zero-order valence-corrected chi connectivity index (χ0v) is 14.0. The summed E-state index contributed by atoms with van der Waals surface area (Å²) in [4.78, 5) is 0. The minimum absolute atomic E-state index is 0.158. The van der Waals surface area contributed by atoms with E-state index in [9.17, 15) is 0 Å². The summed E-state index contributed by atoms with van der Waals surface area (Å²) in [6.45, 7) is 0. The van der Waals surface area contributed by atoms with E-state index >= 15 is 0 Å². The van der Waals surface area contributed by atoms with Crippen LogP contribution in [-0.2, 0) is 6.42 Å². The molecule has 126 valence electrons. The highest BCUT2D eigenvalue weighted by atomic mass is 16.5. The van der Waals surface area contributed by atoms with Crippen LogP contribution in [0.1, 0.15) is 49.3 Å². The highest BCUT2D eigenvalue weighted by Gasteiger charge is 2.23. The van der Waals surface area contributed by atoms with Gasteiger partial charge in [-0.3, -0.25) is 0 Å². The van der Waals surface area contributed by atoms with Crippen molar-refractivity contribution in [3.8, 4) is 11.5 Å². The van der Waals surface area contributed by atoms with E-state index in [1.807, 2.05) is 12.1 Å². The first kappa shape index (κ1) is 15.5. The van der Waals surface area contributed by atoms with Crippen molar-refractivity contribution < 1.29 is 9.47 Å². The van der Waals surface area contributed by atoms with E-state index in [0.717, 1.165) is 50.0 Å². The van der Waals surface area contributed by atoms with Crippen molar-refractivity contribution in [1.29, 1.82) is 0 Å². The van der Waals surface area contributed by atoms with Gasteiger partial charge in [0.2, 0.25) is 0 Å². The number of rotatable bonds is 3. The van der Waals surface area contributed by atoms with E-state index in [0.29, 0.717) is 12.1 Å². The van der Waals surface area contributed by atoms with Crippen molar-refractivity contribution in [2.24, 2.45) is 5.73 Å². The summed E-state index contributed by atoms with van der Waals surface area (Å²) in [6, 6.07) is 17.1. The van der Waals surface area contributed by atoms with Gasteiger partial charge in [0.05, 0.1) is 6.10 Å². The first-order chi connectivity index (χ1) is 11.8. The Balaban J connectivity index is 1.43. The Morgan fingerprint density at radius 2 is 1.71 bits per heavy atom. The molecule has 0 spiro atoms. The van der Waals surface area contributed by atoms with Crippen LogP contribution in [0.5, 0.6) is 11.5 Å². The van der Waals surface area contributed by atoms with Crippen LogP contribution in [-0.4, -0.2) is 12.1 Å². The van der Waals surface area contributed by atoms with Gasteiger partial charge in [-0.05, 0) is 67.9 Å². The molecule has 3 heteroatoms. The molecule has 2 aromatic carbocycles. The van der Waals surface area contributed by atoms with Crippen molar-refractivity contribution in [2.45, 2.75) is 56.8 Å². The van der Waals surface area contributed by atoms with E-state index in [-0.39, 0.29) is 6.10 Å². The van der Waals surface area contributed by atoms with E-state index in [4.69, 9.17) is 15.2 Å². The maximum atomic E-state index is 6.20. The summed E-state index contributed by atoms with van der Waals surface area (Å²) in [5.41, 5.74) is 8.48. The van der Waals surface area contributed by atoms with Crippen molar-refractivity contribution in [2.75, 3.05) is 0 Å². The van der Waals surface area contributed by atoms with Crippen molar-refractivity contribution >= 4 is 0 Å². The summed E-state index contributed by atoms with van der Waals surface area (Å²) in [5.74, 6) is 1.96. The summed E-state index contributed by atoms with van der Waals surface area (Å²) < 4.78 is 12.4. The van der Waals surface area contributed by atoms with E-state index < -0.39 is 0 Å². The van der Waals surface area contributed by atoms with Crippen LogP contribution in [0.2, 0.25) is 0 Å². The molecule has 4 rings (SSSR count). The molecule has 0 bridgehead atoms. The Morgan fingerprint density at radius 1 is 0.917 bits per heavy atom. The van der Waals surface area contributed by atoms with Crippen LogP contribution in [0.3, 0.4) is 0 Å². The lowest BCUT2D eigenvalue weighted by Crippen LogP contribution is -2.31. The first-order valence-corrected chi connectivity index (χ1v) is 9.05. The van der Waals surface area contributed by atoms with E-state index in [2.05, 4.69) is 36.4 Å². The maximum absolute atomic E-state index is 6.20. The molecule has 1 aliphatic heterocycles. The van der Waals surface area contributed by atoms with Crippen LogP contribution < -0.4 is 15.2 Å². The third-order valence-electron chi connectivity index (χ3n) is 5.17. The van der Waals surface area contributed by atoms with Gasteiger partial charge in [0.15, 0.2) is 0 Å². The maximum Gasteiger partial charge on any atom is 0.124 e. The third-order valence-corrected chi connectivity index (χ3v) is 5.17. The standard InChI is InChI=1S/C21H25NO2/c22-17-7-9-18(10-8-17)23-19-11-13-21-16(14-19)6-12-20(24-21)15-4-2-1-3-5-15/h1-5,11,13-14,17-18,20H,6-10,12,22H2/t17-,18+,20?. The normalized spacial score (nSPS) is 26.3. The number of fused-ring (bicyclic) bond motifs is 1. The molecule has 2 N–H and O–H groups in total. The Hall–Kier alpha value is -2.00. The van der Waals surface area contributed by atoms with Crippen LogP contribution in [0.25, 0.3) is 0 Å². The Labute approximate surface area is 143 Å². The number of ether oxygens (including phenoxy) is 2. The molecule has 0 amide bonds. The second-order valence-corrected chi connectivity index (χ2v) is 6.98. The van der Waals surface area contributed by atoms with Gasteiger partial charge in [0, 0.05) is 6.04 Å². The van der Waals surface area contributed by atoms with Crippen LogP contribution in [0.4, 0.5) is 0 Å². The van der Waals surface area contributed by atoms with Gasteiger partial charge in [-0.15, -0.1) is 0 Å². The molecule has 1 aliphatic carbocycles. The van der Waals surface area contributed by atoms with Gasteiger partial charge >= 0.3 is 0 Å². The molecular weight excluding hydrogens is 298 g/mol. The minimum Gasteiger partial charge on any atom is -0.490 e. The molecule has 2 aromatic rings. The quantitative estimate of drug-likeness (QED) is 0.910. The summed E-state index contributed by atoms with van der Waals surface area (Å²) in [5, 5.41) is 0. The van der Waals surface area contributed by atoms with Crippen LogP contribution in [0.15, 0.2) is 48.5 Å². The fourth-order valence-corrected chi connectivity index (χ4v) is 3.74. The molecule has 0 saturated heterocycles. The van der Waals surface area contributed by atoms with Crippen molar-refractivity contribution in [3.05, 3.63) is 59.7 Å². The highest BCUT2D eigenvalue weighted by molar-refractivity contribution is 5.42. The number of hydrogen-bond donors (Lipinski definition) is 1. The van der Waals surface area contributed by atoms with Crippen LogP contribution in [0, 0.1) is 0 Å². The SMILES string of the molecule is N[C@H]1CC[C@@H](Oc2ccc3c(c2)CCC(c2ccccc2)O3)CC1. The van der Waals surface area contributed by atoms with E-state index in [1.165, 1.54) is 11.1 Å². The second kappa shape index (κ2) is 6.86. The Morgan fingerprint density at radius 3 is 2.50 bits per heavy atom. The molecular formula is C21H25NO2. The first-order valence-electron chi connectivity index (χ1n) is 9.05. The Kier molecular flexibility index (Phi) is 4.44. The van der Waals surface area contributed by atoms with Gasteiger partial charge in [0.25, 0.3) is 0 Å². The monoisotopic (exact) mass is 323 g/mol. The lowest BCUT2D eigenvalue weighted by atomic mass is 9.93. The highest BCUT2D eigenvalue weighted by Crippen LogP contribution is 2.37. The van der Waals surface area contributed by atoms with Gasteiger partial charge < -0.3 is 15.2 Å². The smallest absolute Gasteiger partial charge is 0.124 e. The van der Waals surface area contributed by atoms with Gasteiger partial charge in [-0.2, -0.15) is 0 Å². The van der Waals surface area contributed by atoms with Gasteiger partial charge in [-0.1, -0.05) is 30.3 Å². The molecule has 1 saturated carbocycles.